The zero-order valence-corrected chi connectivity index (χ0v) is 12.0. The fourth-order valence-corrected chi connectivity index (χ4v) is 2.41. The smallest absolute Gasteiger partial charge is 0.170 e. The summed E-state index contributed by atoms with van der Waals surface area (Å²) in [6.45, 7) is 5.04. The first kappa shape index (κ1) is 14.8. The van der Waals surface area contributed by atoms with Gasteiger partial charge in [0, 0.05) is 25.2 Å². The van der Waals surface area contributed by atoms with Crippen molar-refractivity contribution >= 4 is 5.84 Å². The Kier molecular flexibility index (Phi) is 5.38. The molecule has 1 saturated heterocycles. The van der Waals surface area contributed by atoms with Crippen molar-refractivity contribution in [3.05, 3.63) is 35.4 Å². The van der Waals surface area contributed by atoms with Crippen molar-refractivity contribution in [1.29, 1.82) is 0 Å². The molecule has 0 atom stereocenters. The topological polar surface area (TPSA) is 71.1 Å². The Bertz CT molecular complexity index is 454. The Morgan fingerprint density at radius 1 is 1.40 bits per heavy atom. The number of hydrogen-bond donors (Lipinski definition) is 2. The lowest BCUT2D eigenvalue weighted by atomic mass is 10.0. The lowest BCUT2D eigenvalue weighted by Crippen LogP contribution is -2.35. The first-order chi connectivity index (χ1) is 9.70. The molecule has 110 valence electrons. The molecule has 0 aromatic heterocycles. The predicted molar refractivity (Wildman–Crippen MR) is 79.3 cm³/mol. The largest absolute Gasteiger partial charge is 0.394 e. The van der Waals surface area contributed by atoms with E-state index in [0.717, 1.165) is 43.6 Å². The highest BCUT2D eigenvalue weighted by molar-refractivity contribution is 5.98. The number of aliphatic hydroxyl groups excluding tert-OH is 1. The molecule has 3 N–H and O–H groups in total. The molecule has 2 rings (SSSR count). The highest BCUT2D eigenvalue weighted by Gasteiger charge is 2.18. The predicted octanol–water partition coefficient (Wildman–Crippen LogP) is 1.30. The molecule has 0 radical (unpaired) electrons. The van der Waals surface area contributed by atoms with Crippen LogP contribution >= 0.6 is 0 Å². The van der Waals surface area contributed by atoms with E-state index in [9.17, 15) is 5.11 Å². The molecule has 1 aliphatic rings. The zero-order valence-electron chi connectivity index (χ0n) is 12.0. The second-order valence-electron chi connectivity index (χ2n) is 5.06. The number of hydrogen-bond acceptors (Lipinski definition) is 4. The maximum absolute atomic E-state index is 9.55. The van der Waals surface area contributed by atoms with Gasteiger partial charge < -0.3 is 15.7 Å². The molecule has 1 fully saturated rings. The van der Waals surface area contributed by atoms with Crippen LogP contribution < -0.4 is 5.73 Å². The van der Waals surface area contributed by atoms with Gasteiger partial charge in [0.25, 0.3) is 0 Å². The Morgan fingerprint density at radius 2 is 2.10 bits per heavy atom. The number of benzene rings is 1. The molecule has 0 bridgehead atoms. The molecule has 1 heterocycles. The summed E-state index contributed by atoms with van der Waals surface area (Å²) in [5, 5.41) is 13.5. The Hall–Kier alpha value is -1.59. The van der Waals surface area contributed by atoms with Gasteiger partial charge in [0.05, 0.1) is 6.10 Å². The van der Waals surface area contributed by atoms with E-state index in [1.807, 2.05) is 25.1 Å². The number of nitrogens with two attached hydrogens (primary N) is 1. The number of likely N-dealkylation sites (tertiary alicyclic amines) is 1. The summed E-state index contributed by atoms with van der Waals surface area (Å²) in [6.07, 6.45) is 1.53. The van der Waals surface area contributed by atoms with Gasteiger partial charge in [-0.05, 0) is 25.3 Å². The average Bonchev–Trinajstić information content (AvgIpc) is 2.48. The van der Waals surface area contributed by atoms with Crippen molar-refractivity contribution in [3.8, 4) is 0 Å². The number of aliphatic hydroxyl groups is 1. The molecule has 20 heavy (non-hydrogen) atoms. The Labute approximate surface area is 120 Å². The van der Waals surface area contributed by atoms with E-state index in [1.165, 1.54) is 0 Å². The van der Waals surface area contributed by atoms with Gasteiger partial charge >= 0.3 is 0 Å². The van der Waals surface area contributed by atoms with E-state index < -0.39 is 0 Å². The van der Waals surface area contributed by atoms with Crippen LogP contribution in [0.15, 0.2) is 29.4 Å². The maximum atomic E-state index is 9.55. The Balaban J connectivity index is 2.08. The summed E-state index contributed by atoms with van der Waals surface area (Å²) < 4.78 is 0. The molecule has 1 aliphatic heterocycles. The minimum atomic E-state index is -0.147. The number of piperidine rings is 1. The van der Waals surface area contributed by atoms with Crippen LogP contribution in [0, 0.1) is 0 Å². The highest BCUT2D eigenvalue weighted by atomic mass is 16.6. The quantitative estimate of drug-likeness (QED) is 0.483. The SMILES string of the molecule is CCO/N=C(/N)c1ccccc1CN1CCC(O)CC1. The first-order valence-corrected chi connectivity index (χ1v) is 7.14. The van der Waals surface area contributed by atoms with Crippen LogP contribution in [0.3, 0.4) is 0 Å². The third-order valence-corrected chi connectivity index (χ3v) is 3.54. The molecule has 1 aromatic rings. The van der Waals surface area contributed by atoms with E-state index in [-0.39, 0.29) is 6.10 Å². The fourth-order valence-electron chi connectivity index (χ4n) is 2.41. The second kappa shape index (κ2) is 7.26. The van der Waals surface area contributed by atoms with Crippen LogP contribution in [0.5, 0.6) is 0 Å². The van der Waals surface area contributed by atoms with Crippen LogP contribution in [-0.2, 0) is 11.4 Å². The lowest BCUT2D eigenvalue weighted by molar-refractivity contribution is 0.0792. The van der Waals surface area contributed by atoms with Crippen LogP contribution in [-0.4, -0.2) is 41.6 Å². The van der Waals surface area contributed by atoms with Gasteiger partial charge in [0.15, 0.2) is 5.84 Å². The van der Waals surface area contributed by atoms with Crippen molar-refractivity contribution in [3.63, 3.8) is 0 Å². The number of oxime groups is 1. The molecule has 0 amide bonds. The van der Waals surface area contributed by atoms with Gasteiger partial charge in [-0.15, -0.1) is 0 Å². The van der Waals surface area contributed by atoms with E-state index in [2.05, 4.69) is 16.1 Å². The molecule has 0 unspecified atom stereocenters. The summed E-state index contributed by atoms with van der Waals surface area (Å²) in [6, 6.07) is 7.99. The third kappa shape index (κ3) is 3.95. The summed E-state index contributed by atoms with van der Waals surface area (Å²) >= 11 is 0. The van der Waals surface area contributed by atoms with Gasteiger partial charge in [0.1, 0.15) is 6.61 Å². The van der Waals surface area contributed by atoms with Gasteiger partial charge in [0.2, 0.25) is 0 Å². The molecule has 0 spiro atoms. The van der Waals surface area contributed by atoms with Gasteiger partial charge in [-0.1, -0.05) is 29.4 Å². The molecule has 1 aromatic carbocycles. The molecule has 5 heteroatoms. The van der Waals surface area contributed by atoms with Gasteiger partial charge in [-0.3, -0.25) is 4.90 Å². The first-order valence-electron chi connectivity index (χ1n) is 7.14. The van der Waals surface area contributed by atoms with Crippen LogP contribution in [0.1, 0.15) is 30.9 Å². The van der Waals surface area contributed by atoms with Crippen LogP contribution in [0.4, 0.5) is 0 Å². The third-order valence-electron chi connectivity index (χ3n) is 3.54. The summed E-state index contributed by atoms with van der Waals surface area (Å²) in [4.78, 5) is 7.36. The number of rotatable bonds is 5. The maximum Gasteiger partial charge on any atom is 0.170 e. The monoisotopic (exact) mass is 277 g/mol. The van der Waals surface area contributed by atoms with Crippen molar-refractivity contribution in [2.75, 3.05) is 19.7 Å². The summed E-state index contributed by atoms with van der Waals surface area (Å²) in [5.41, 5.74) is 8.04. The highest BCUT2D eigenvalue weighted by Crippen LogP contribution is 2.16. The molecule has 0 aliphatic carbocycles. The number of amidine groups is 1. The summed E-state index contributed by atoms with van der Waals surface area (Å²) in [7, 11) is 0. The van der Waals surface area contributed by atoms with Crippen LogP contribution in [0.25, 0.3) is 0 Å². The number of nitrogens with zero attached hydrogens (tertiary/aromatic N) is 2. The van der Waals surface area contributed by atoms with Gasteiger partial charge in [-0.25, -0.2) is 0 Å². The van der Waals surface area contributed by atoms with Crippen molar-refractivity contribution < 1.29 is 9.94 Å². The standard InChI is InChI=1S/C15H23N3O2/c1-2-20-17-15(16)14-6-4-3-5-12(14)11-18-9-7-13(19)8-10-18/h3-6,13,19H,2,7-11H2,1H3,(H2,16,17). The minimum absolute atomic E-state index is 0.147. The van der Waals surface area contributed by atoms with Crippen molar-refractivity contribution in [2.45, 2.75) is 32.4 Å². The van der Waals surface area contributed by atoms with Crippen molar-refractivity contribution in [2.24, 2.45) is 10.9 Å². The molecular formula is C15H23N3O2. The normalized spacial score (nSPS) is 18.2. The van der Waals surface area contributed by atoms with Gasteiger partial charge in [-0.2, -0.15) is 0 Å². The van der Waals surface area contributed by atoms with Crippen molar-refractivity contribution in [1.82, 2.24) is 4.90 Å². The van der Waals surface area contributed by atoms with E-state index in [0.29, 0.717) is 12.4 Å². The molecular weight excluding hydrogens is 254 g/mol. The molecule has 0 saturated carbocycles. The van der Waals surface area contributed by atoms with E-state index in [4.69, 9.17) is 10.6 Å². The zero-order chi connectivity index (χ0) is 14.4. The average molecular weight is 277 g/mol. The molecule has 5 nitrogen and oxygen atoms in total. The lowest BCUT2D eigenvalue weighted by Gasteiger charge is -2.30. The van der Waals surface area contributed by atoms with Crippen LogP contribution in [0.2, 0.25) is 0 Å². The minimum Gasteiger partial charge on any atom is -0.394 e. The second-order valence-corrected chi connectivity index (χ2v) is 5.06. The fraction of sp³-hybridized carbons (Fsp3) is 0.533. The summed E-state index contributed by atoms with van der Waals surface area (Å²) in [5.74, 6) is 0.416. The van der Waals surface area contributed by atoms with E-state index in [1.54, 1.807) is 0 Å². The van der Waals surface area contributed by atoms with E-state index >= 15 is 0 Å². The Morgan fingerprint density at radius 3 is 2.80 bits per heavy atom.